The molecule has 0 aromatic heterocycles. The van der Waals surface area contributed by atoms with Crippen molar-refractivity contribution in [1.82, 2.24) is 0 Å². The molecule has 0 spiro atoms. The Bertz CT molecular complexity index is 267. The van der Waals surface area contributed by atoms with Gasteiger partial charge in [0.2, 0.25) is 0 Å². The normalized spacial score (nSPS) is 8.41. The van der Waals surface area contributed by atoms with Gasteiger partial charge < -0.3 is 11.7 Å². The number of anilines is 1. The fraction of sp³-hybridized carbons (Fsp3) is 0.500. The summed E-state index contributed by atoms with van der Waals surface area (Å²) in [4.78, 5) is 0. The second kappa shape index (κ2) is 13.2. The summed E-state index contributed by atoms with van der Waals surface area (Å²) < 4.78 is 0. The standard InChI is InChI=1S/C11H16N.C3H7.W.Y/c1-8(2)12-11-6-9(3)5-10(4)7-11;1-3-2;;/h5-6,8,12H,1-4H3;3H,1-2H3;;/q2*-1;;. The third-order valence-corrected chi connectivity index (χ3v) is 1.59. The monoisotopic (exact) mass is 478 g/mol. The molecule has 0 saturated carbocycles. The van der Waals surface area contributed by atoms with Gasteiger partial charge in [-0.15, -0.1) is 6.07 Å². The predicted molar refractivity (Wildman–Crippen MR) is 69.2 cm³/mol. The Balaban J connectivity index is -0.000000356. The van der Waals surface area contributed by atoms with Crippen LogP contribution in [0.5, 0.6) is 0 Å². The molecule has 1 aromatic carbocycles. The van der Waals surface area contributed by atoms with Crippen molar-refractivity contribution < 1.29 is 53.8 Å². The summed E-state index contributed by atoms with van der Waals surface area (Å²) in [5.41, 5.74) is 3.58. The molecular formula is C14H23NWY-2. The van der Waals surface area contributed by atoms with Gasteiger partial charge in [-0.2, -0.15) is 37.1 Å². The van der Waals surface area contributed by atoms with Gasteiger partial charge in [0.05, 0.1) is 0 Å². The topological polar surface area (TPSA) is 12.0 Å². The van der Waals surface area contributed by atoms with Crippen LogP contribution in [0.15, 0.2) is 12.1 Å². The summed E-state index contributed by atoms with van der Waals surface area (Å²) in [5.74, 6) is 0. The van der Waals surface area contributed by atoms with Gasteiger partial charge in [-0.05, 0) is 13.8 Å². The van der Waals surface area contributed by atoms with Gasteiger partial charge in [0, 0.05) is 59.8 Å². The molecule has 3 heteroatoms. The Morgan fingerprint density at radius 2 is 1.65 bits per heavy atom. The van der Waals surface area contributed by atoms with Crippen LogP contribution >= 0.6 is 0 Å². The van der Waals surface area contributed by atoms with Gasteiger partial charge in [-0.3, -0.25) is 0 Å². The molecule has 0 unspecified atom stereocenters. The van der Waals surface area contributed by atoms with E-state index in [4.69, 9.17) is 0 Å². The van der Waals surface area contributed by atoms with Crippen molar-refractivity contribution in [2.24, 2.45) is 0 Å². The molecule has 1 N–H and O–H groups in total. The van der Waals surface area contributed by atoms with Crippen molar-refractivity contribution in [3.63, 3.8) is 0 Å². The first-order chi connectivity index (χ1) is 6.99. The van der Waals surface area contributed by atoms with Crippen LogP contribution in [0.2, 0.25) is 0 Å². The van der Waals surface area contributed by atoms with E-state index in [2.05, 4.69) is 51.2 Å². The van der Waals surface area contributed by atoms with Crippen molar-refractivity contribution >= 4 is 5.69 Å². The van der Waals surface area contributed by atoms with Crippen molar-refractivity contribution in [3.8, 4) is 0 Å². The molecule has 0 saturated heterocycles. The molecule has 1 nitrogen and oxygen atoms in total. The third-order valence-electron chi connectivity index (χ3n) is 1.59. The zero-order valence-corrected chi connectivity index (χ0v) is 17.6. The maximum Gasteiger partial charge on any atom is 0.0183 e. The van der Waals surface area contributed by atoms with Gasteiger partial charge in [0.15, 0.2) is 0 Å². The number of rotatable bonds is 2. The van der Waals surface area contributed by atoms with E-state index in [9.17, 15) is 0 Å². The van der Waals surface area contributed by atoms with E-state index in [1.807, 2.05) is 20.3 Å². The molecule has 1 radical (unpaired) electrons. The summed E-state index contributed by atoms with van der Waals surface area (Å²) in [6.45, 7) is 12.4. The molecule has 0 aliphatic heterocycles. The van der Waals surface area contributed by atoms with E-state index in [0.29, 0.717) is 6.04 Å². The Kier molecular flexibility index (Phi) is 17.9. The molecule has 0 atom stereocenters. The summed E-state index contributed by atoms with van der Waals surface area (Å²) in [7, 11) is 0. The number of hydrogen-bond acceptors (Lipinski definition) is 1. The maximum absolute atomic E-state index is 3.33. The fourth-order valence-corrected chi connectivity index (χ4v) is 1.28. The molecule has 1 rings (SSSR count). The molecule has 0 aliphatic rings. The second-order valence-corrected chi connectivity index (χ2v) is 4.13. The summed E-state index contributed by atoms with van der Waals surface area (Å²) in [6.07, 6.45) is 2.00. The Labute approximate surface area is 147 Å². The summed E-state index contributed by atoms with van der Waals surface area (Å²) in [6, 6.07) is 7.99. The fourth-order valence-electron chi connectivity index (χ4n) is 1.28. The maximum atomic E-state index is 3.33. The van der Waals surface area contributed by atoms with Crippen LogP contribution in [0.4, 0.5) is 5.69 Å². The first-order valence-electron chi connectivity index (χ1n) is 5.50. The molecule has 0 bridgehead atoms. The van der Waals surface area contributed by atoms with Crippen LogP contribution in [0.25, 0.3) is 0 Å². The minimum Gasteiger partial charge on any atom is -0.405 e. The van der Waals surface area contributed by atoms with Crippen LogP contribution < -0.4 is 5.32 Å². The number of hydrogen-bond donors (Lipinski definition) is 1. The number of aryl methyl sites for hydroxylation is 2. The van der Waals surface area contributed by atoms with Gasteiger partial charge >= 0.3 is 0 Å². The minimum absolute atomic E-state index is 0. The first-order valence-corrected chi connectivity index (χ1v) is 5.50. The van der Waals surface area contributed by atoms with Crippen LogP contribution in [0.3, 0.4) is 0 Å². The van der Waals surface area contributed by atoms with Crippen LogP contribution in [0, 0.1) is 26.3 Å². The van der Waals surface area contributed by atoms with E-state index < -0.39 is 0 Å². The second-order valence-electron chi connectivity index (χ2n) is 4.13. The van der Waals surface area contributed by atoms with Gasteiger partial charge in [-0.1, -0.05) is 19.5 Å². The molecule has 1 aromatic rings. The zero-order valence-electron chi connectivity index (χ0n) is 11.8. The Hall–Kier alpha value is 0.812. The van der Waals surface area contributed by atoms with Crippen molar-refractivity contribution in [3.05, 3.63) is 35.7 Å². The van der Waals surface area contributed by atoms with Gasteiger partial charge in [0.25, 0.3) is 0 Å². The molecule has 95 valence electrons. The molecule has 0 fully saturated rings. The number of nitrogens with one attached hydrogen (secondary N) is 1. The number of benzene rings is 1. The minimum atomic E-state index is 0. The average Bonchev–Trinajstić information content (AvgIpc) is 2.00. The van der Waals surface area contributed by atoms with Crippen molar-refractivity contribution in [2.75, 3.05) is 5.32 Å². The molecular weight excluding hydrogens is 455 g/mol. The first kappa shape index (κ1) is 22.9. The zero-order chi connectivity index (χ0) is 11.8. The Morgan fingerprint density at radius 3 is 2.00 bits per heavy atom. The van der Waals surface area contributed by atoms with E-state index in [1.165, 1.54) is 11.1 Å². The quantitative estimate of drug-likeness (QED) is 0.631. The van der Waals surface area contributed by atoms with E-state index in [-0.39, 0.29) is 53.8 Å². The van der Waals surface area contributed by atoms with Crippen molar-refractivity contribution in [1.29, 1.82) is 0 Å². The van der Waals surface area contributed by atoms with Gasteiger partial charge in [0.1, 0.15) is 0 Å². The third kappa shape index (κ3) is 13.1. The molecule has 0 aliphatic carbocycles. The molecule has 0 heterocycles. The summed E-state index contributed by atoms with van der Waals surface area (Å²) >= 11 is 0. The van der Waals surface area contributed by atoms with Gasteiger partial charge in [-0.25, -0.2) is 0 Å². The Morgan fingerprint density at radius 1 is 1.18 bits per heavy atom. The smallest absolute Gasteiger partial charge is 0.0183 e. The van der Waals surface area contributed by atoms with Crippen LogP contribution in [-0.4, -0.2) is 6.04 Å². The van der Waals surface area contributed by atoms with Crippen molar-refractivity contribution in [2.45, 2.75) is 47.6 Å². The van der Waals surface area contributed by atoms with E-state index >= 15 is 0 Å². The SMILES string of the molecule is C[CH-]C.Cc1[c-]c(NC(C)C)cc(C)c1.[W].[Y]. The van der Waals surface area contributed by atoms with E-state index in [0.717, 1.165) is 5.69 Å². The average molecular weight is 478 g/mol. The predicted octanol–water partition coefficient (Wildman–Crippen LogP) is 4.15. The van der Waals surface area contributed by atoms with E-state index in [1.54, 1.807) is 0 Å². The molecule has 0 amide bonds. The molecule has 17 heavy (non-hydrogen) atoms. The largest absolute Gasteiger partial charge is 0.405 e. The van der Waals surface area contributed by atoms with Crippen LogP contribution in [-0.2, 0) is 53.8 Å². The van der Waals surface area contributed by atoms with Crippen LogP contribution in [0.1, 0.15) is 38.8 Å². The summed E-state index contributed by atoms with van der Waals surface area (Å²) in [5, 5.41) is 3.33.